The average molecular weight is 331 g/mol. The molecular formula is C18H25N3O3. The van der Waals surface area contributed by atoms with Crippen molar-refractivity contribution < 1.29 is 14.4 Å². The van der Waals surface area contributed by atoms with Gasteiger partial charge in [0.2, 0.25) is 11.7 Å². The predicted octanol–water partition coefficient (Wildman–Crippen LogP) is 4.41. The fourth-order valence-electron chi connectivity index (χ4n) is 2.53. The molecule has 0 fully saturated rings. The average Bonchev–Trinajstić information content (AvgIpc) is 3.06. The van der Waals surface area contributed by atoms with Gasteiger partial charge in [-0.25, -0.2) is 4.79 Å². The zero-order chi connectivity index (χ0) is 17.2. The van der Waals surface area contributed by atoms with Crippen LogP contribution in [0.4, 0.5) is 4.79 Å². The monoisotopic (exact) mass is 331 g/mol. The number of amides is 1. The number of aromatic nitrogens is 2. The van der Waals surface area contributed by atoms with Crippen molar-refractivity contribution in [3.8, 4) is 11.4 Å². The Labute approximate surface area is 142 Å². The second-order valence-corrected chi connectivity index (χ2v) is 5.89. The van der Waals surface area contributed by atoms with Gasteiger partial charge in [0, 0.05) is 5.56 Å². The first-order valence-corrected chi connectivity index (χ1v) is 8.57. The first kappa shape index (κ1) is 18.0. The van der Waals surface area contributed by atoms with E-state index in [9.17, 15) is 4.79 Å². The van der Waals surface area contributed by atoms with Crippen molar-refractivity contribution in [2.75, 3.05) is 0 Å². The lowest BCUT2D eigenvalue weighted by atomic mass is 10.0. The molecule has 0 aliphatic rings. The predicted molar refractivity (Wildman–Crippen MR) is 91.7 cm³/mol. The van der Waals surface area contributed by atoms with E-state index in [0.29, 0.717) is 5.82 Å². The number of hydrogen-bond donors (Lipinski definition) is 2. The lowest BCUT2D eigenvalue weighted by Crippen LogP contribution is -2.20. The maximum absolute atomic E-state index is 10.4. The first-order chi connectivity index (χ1) is 11.7. The van der Waals surface area contributed by atoms with E-state index in [2.05, 4.69) is 34.5 Å². The number of aryl methyl sites for hydroxylation is 1. The minimum Gasteiger partial charge on any atom is -0.465 e. The van der Waals surface area contributed by atoms with E-state index in [0.717, 1.165) is 12.0 Å². The van der Waals surface area contributed by atoms with E-state index in [-0.39, 0.29) is 12.4 Å². The van der Waals surface area contributed by atoms with Gasteiger partial charge in [0.15, 0.2) is 0 Å². The smallest absolute Gasteiger partial charge is 0.405 e. The fourth-order valence-corrected chi connectivity index (χ4v) is 2.53. The van der Waals surface area contributed by atoms with Crippen LogP contribution in [0, 0.1) is 0 Å². The summed E-state index contributed by atoms with van der Waals surface area (Å²) in [6.45, 7) is 2.25. The molecule has 0 saturated heterocycles. The van der Waals surface area contributed by atoms with Crippen molar-refractivity contribution in [3.63, 3.8) is 0 Å². The van der Waals surface area contributed by atoms with Crippen LogP contribution in [0.15, 0.2) is 28.8 Å². The molecule has 2 aromatic rings. The van der Waals surface area contributed by atoms with Gasteiger partial charge in [0.05, 0.1) is 0 Å². The van der Waals surface area contributed by atoms with E-state index in [1.807, 2.05) is 12.1 Å². The molecular weight excluding hydrogens is 306 g/mol. The highest BCUT2D eigenvalue weighted by molar-refractivity contribution is 5.64. The summed E-state index contributed by atoms with van der Waals surface area (Å²) in [5.74, 6) is 0.729. The second-order valence-electron chi connectivity index (χ2n) is 5.89. The molecule has 0 unspecified atom stereocenters. The molecule has 0 spiro atoms. The van der Waals surface area contributed by atoms with Crippen molar-refractivity contribution in [1.29, 1.82) is 0 Å². The summed E-state index contributed by atoms with van der Waals surface area (Å²) >= 11 is 0. The maximum atomic E-state index is 10.4. The van der Waals surface area contributed by atoms with Crippen LogP contribution < -0.4 is 5.32 Å². The van der Waals surface area contributed by atoms with E-state index in [1.165, 1.54) is 44.1 Å². The third kappa shape index (κ3) is 6.02. The van der Waals surface area contributed by atoms with Gasteiger partial charge in [-0.2, -0.15) is 4.98 Å². The normalized spacial score (nSPS) is 10.7. The van der Waals surface area contributed by atoms with Gasteiger partial charge in [0.1, 0.15) is 6.54 Å². The molecule has 0 atom stereocenters. The largest absolute Gasteiger partial charge is 0.465 e. The summed E-state index contributed by atoms with van der Waals surface area (Å²) in [6.07, 6.45) is 7.76. The molecule has 1 heterocycles. The molecule has 0 saturated carbocycles. The van der Waals surface area contributed by atoms with E-state index < -0.39 is 6.09 Å². The Hall–Kier alpha value is -2.37. The van der Waals surface area contributed by atoms with Crippen LogP contribution in [-0.2, 0) is 13.0 Å². The van der Waals surface area contributed by atoms with Gasteiger partial charge in [-0.15, -0.1) is 0 Å². The van der Waals surface area contributed by atoms with Crippen LogP contribution in [0.2, 0.25) is 0 Å². The molecule has 0 radical (unpaired) electrons. The molecule has 1 aromatic carbocycles. The van der Waals surface area contributed by atoms with Crippen LogP contribution in [-0.4, -0.2) is 21.3 Å². The Bertz CT molecular complexity index is 623. The molecule has 2 N–H and O–H groups in total. The van der Waals surface area contributed by atoms with Crippen LogP contribution in [0.25, 0.3) is 11.4 Å². The second kappa shape index (κ2) is 9.70. The number of benzene rings is 1. The molecule has 0 aliphatic carbocycles. The highest BCUT2D eigenvalue weighted by Gasteiger charge is 2.09. The third-order valence-electron chi connectivity index (χ3n) is 3.89. The number of hydrogen-bond acceptors (Lipinski definition) is 4. The van der Waals surface area contributed by atoms with Gasteiger partial charge in [-0.1, -0.05) is 68.4 Å². The molecule has 0 aliphatic heterocycles. The number of nitrogens with one attached hydrogen (secondary N) is 1. The lowest BCUT2D eigenvalue weighted by Gasteiger charge is -2.03. The summed E-state index contributed by atoms with van der Waals surface area (Å²) in [6, 6.07) is 8.14. The highest BCUT2D eigenvalue weighted by Crippen LogP contribution is 2.18. The first-order valence-electron chi connectivity index (χ1n) is 8.57. The molecule has 130 valence electrons. The Morgan fingerprint density at radius 3 is 2.54 bits per heavy atom. The summed E-state index contributed by atoms with van der Waals surface area (Å²) < 4.78 is 5.02. The topological polar surface area (TPSA) is 88.2 Å². The van der Waals surface area contributed by atoms with E-state index >= 15 is 0 Å². The summed E-state index contributed by atoms with van der Waals surface area (Å²) in [7, 11) is 0. The third-order valence-corrected chi connectivity index (χ3v) is 3.89. The molecule has 24 heavy (non-hydrogen) atoms. The van der Waals surface area contributed by atoms with E-state index in [1.54, 1.807) is 0 Å². The van der Waals surface area contributed by atoms with Crippen LogP contribution in [0.5, 0.6) is 0 Å². The SMILES string of the molecule is CCCCCCCCc1ccc(-c2noc(CNC(=O)O)n2)cc1. The quantitative estimate of drug-likeness (QED) is 0.630. The Morgan fingerprint density at radius 1 is 1.12 bits per heavy atom. The number of nitrogens with zero attached hydrogens (tertiary/aromatic N) is 2. The van der Waals surface area contributed by atoms with Gasteiger partial charge in [-0.3, -0.25) is 0 Å². The van der Waals surface area contributed by atoms with Crippen molar-refractivity contribution >= 4 is 6.09 Å². The number of rotatable bonds is 10. The van der Waals surface area contributed by atoms with Crippen LogP contribution >= 0.6 is 0 Å². The molecule has 6 heteroatoms. The van der Waals surface area contributed by atoms with Gasteiger partial charge >= 0.3 is 6.09 Å². The van der Waals surface area contributed by atoms with Crippen molar-refractivity contribution in [1.82, 2.24) is 15.5 Å². The minimum atomic E-state index is -1.12. The molecule has 2 rings (SSSR count). The fraction of sp³-hybridized carbons (Fsp3) is 0.500. The van der Waals surface area contributed by atoms with Gasteiger partial charge < -0.3 is 14.9 Å². The number of carbonyl (C=O) groups is 1. The Balaban J connectivity index is 1.80. The van der Waals surface area contributed by atoms with Crippen LogP contribution in [0.1, 0.15) is 56.9 Å². The lowest BCUT2D eigenvalue weighted by molar-refractivity contribution is 0.192. The molecule has 0 bridgehead atoms. The number of unbranched alkanes of at least 4 members (excludes halogenated alkanes) is 5. The van der Waals surface area contributed by atoms with Crippen molar-refractivity contribution in [2.45, 2.75) is 58.4 Å². The van der Waals surface area contributed by atoms with Crippen molar-refractivity contribution in [2.24, 2.45) is 0 Å². The van der Waals surface area contributed by atoms with Crippen molar-refractivity contribution in [3.05, 3.63) is 35.7 Å². The van der Waals surface area contributed by atoms with Gasteiger partial charge in [-0.05, 0) is 18.4 Å². The maximum Gasteiger partial charge on any atom is 0.405 e. The molecule has 1 aromatic heterocycles. The number of carboxylic acid groups (broad SMARTS) is 1. The Kier molecular flexibility index (Phi) is 7.26. The van der Waals surface area contributed by atoms with Gasteiger partial charge in [0.25, 0.3) is 0 Å². The zero-order valence-corrected chi connectivity index (χ0v) is 14.1. The summed E-state index contributed by atoms with van der Waals surface area (Å²) in [4.78, 5) is 14.6. The minimum absolute atomic E-state index is 0.0123. The molecule has 6 nitrogen and oxygen atoms in total. The standard InChI is InChI=1S/C18H25N3O3/c1-2-3-4-5-6-7-8-14-9-11-15(12-10-14)17-20-16(24-21-17)13-19-18(22)23/h9-12,19H,2-8,13H2,1H3,(H,22,23). The van der Waals surface area contributed by atoms with E-state index in [4.69, 9.17) is 9.63 Å². The highest BCUT2D eigenvalue weighted by atomic mass is 16.5. The Morgan fingerprint density at radius 2 is 1.83 bits per heavy atom. The summed E-state index contributed by atoms with van der Waals surface area (Å²) in [5, 5.41) is 14.6. The molecule has 1 amide bonds. The summed E-state index contributed by atoms with van der Waals surface area (Å²) in [5.41, 5.74) is 2.18. The van der Waals surface area contributed by atoms with Crippen LogP contribution in [0.3, 0.4) is 0 Å². The zero-order valence-electron chi connectivity index (χ0n) is 14.1.